The molecule has 1 N–H and O–H groups in total. The first-order valence-corrected chi connectivity index (χ1v) is 7.34. The zero-order chi connectivity index (χ0) is 14.7. The average molecular weight is 299 g/mol. The lowest BCUT2D eigenvalue weighted by atomic mass is 10.2. The van der Waals surface area contributed by atoms with Gasteiger partial charge in [0.25, 0.3) is 0 Å². The molecule has 0 radical (unpaired) electrons. The second-order valence-electron chi connectivity index (χ2n) is 4.37. The van der Waals surface area contributed by atoms with Crippen LogP contribution >= 0.6 is 11.8 Å². The third-order valence-corrected chi connectivity index (χ3v) is 3.98. The predicted molar refractivity (Wildman–Crippen MR) is 82.1 cm³/mol. The van der Waals surface area contributed by atoms with Crippen LogP contribution in [-0.4, -0.2) is 33.8 Å². The van der Waals surface area contributed by atoms with Crippen molar-refractivity contribution in [1.82, 2.24) is 15.0 Å². The quantitative estimate of drug-likeness (QED) is 0.592. The first-order valence-electron chi connectivity index (χ1n) is 6.36. The zero-order valence-corrected chi connectivity index (χ0v) is 12.2. The third-order valence-electron chi connectivity index (χ3n) is 3.00. The van der Waals surface area contributed by atoms with Crippen LogP contribution < -0.4 is 0 Å². The number of thioether (sulfide) groups is 1. The first-order chi connectivity index (χ1) is 10.3. The molecule has 5 nitrogen and oxygen atoms in total. The van der Waals surface area contributed by atoms with Crippen molar-refractivity contribution in [2.24, 2.45) is 0 Å². The Balaban J connectivity index is 1.78. The molecule has 0 aliphatic heterocycles. The van der Waals surface area contributed by atoms with E-state index in [1.165, 1.54) is 18.9 Å². The number of nitrogens with zero attached hydrogens (tertiary/aromatic N) is 2. The number of aromatic amines is 1. The number of H-pyrrole nitrogens is 1. The fraction of sp³-hybridized carbons (Fsp3) is 0.133. The van der Waals surface area contributed by atoms with E-state index in [4.69, 9.17) is 0 Å². The third kappa shape index (κ3) is 3.05. The molecule has 3 aromatic rings. The van der Waals surface area contributed by atoms with E-state index in [2.05, 4.69) is 19.7 Å². The summed E-state index contributed by atoms with van der Waals surface area (Å²) in [5.74, 6) is 0.892. The fourth-order valence-corrected chi connectivity index (χ4v) is 2.63. The van der Waals surface area contributed by atoms with Crippen LogP contribution in [0.25, 0.3) is 22.4 Å². The number of carbonyl (C=O) groups excluding carboxylic acids is 1. The molecule has 0 aliphatic rings. The van der Waals surface area contributed by atoms with Gasteiger partial charge in [0, 0.05) is 16.7 Å². The number of imidazole rings is 1. The highest BCUT2D eigenvalue weighted by Crippen LogP contribution is 2.24. The Bertz CT molecular complexity index is 735. The molecule has 2 aromatic heterocycles. The van der Waals surface area contributed by atoms with Crippen molar-refractivity contribution in [3.8, 4) is 11.4 Å². The molecule has 0 saturated heterocycles. The van der Waals surface area contributed by atoms with Gasteiger partial charge < -0.3 is 9.72 Å². The molecule has 1 aromatic carbocycles. The normalized spacial score (nSPS) is 10.7. The van der Waals surface area contributed by atoms with Gasteiger partial charge in [0.2, 0.25) is 0 Å². The second kappa shape index (κ2) is 5.97. The van der Waals surface area contributed by atoms with Crippen LogP contribution in [0.4, 0.5) is 0 Å². The predicted octanol–water partition coefficient (Wildman–Crippen LogP) is 2.89. The number of nitrogens with one attached hydrogen (secondary N) is 1. The van der Waals surface area contributed by atoms with Gasteiger partial charge in [-0.3, -0.25) is 9.78 Å². The van der Waals surface area contributed by atoms with Gasteiger partial charge in [-0.15, -0.1) is 11.8 Å². The SMILES string of the molecule is COC(=O)CSc1ccc(-c2nc3ccncc3[nH]2)cc1. The number of hydrogen-bond acceptors (Lipinski definition) is 5. The van der Waals surface area contributed by atoms with Crippen molar-refractivity contribution in [2.45, 2.75) is 4.90 Å². The number of hydrogen-bond donors (Lipinski definition) is 1. The molecule has 0 saturated carbocycles. The zero-order valence-electron chi connectivity index (χ0n) is 11.4. The number of benzene rings is 1. The lowest BCUT2D eigenvalue weighted by Crippen LogP contribution is -2.02. The Kier molecular flexibility index (Phi) is 3.87. The van der Waals surface area contributed by atoms with Crippen molar-refractivity contribution < 1.29 is 9.53 Å². The maximum Gasteiger partial charge on any atom is 0.315 e. The molecule has 21 heavy (non-hydrogen) atoms. The lowest BCUT2D eigenvalue weighted by Gasteiger charge is -2.02. The van der Waals surface area contributed by atoms with Crippen LogP contribution in [0.15, 0.2) is 47.6 Å². The number of aromatic nitrogens is 3. The minimum absolute atomic E-state index is 0.228. The summed E-state index contributed by atoms with van der Waals surface area (Å²) in [5.41, 5.74) is 2.80. The monoisotopic (exact) mass is 299 g/mol. The summed E-state index contributed by atoms with van der Waals surface area (Å²) < 4.78 is 4.62. The van der Waals surface area contributed by atoms with E-state index in [1.807, 2.05) is 30.3 Å². The number of methoxy groups -OCH3 is 1. The van der Waals surface area contributed by atoms with E-state index in [0.29, 0.717) is 5.75 Å². The Morgan fingerprint density at radius 2 is 2.10 bits per heavy atom. The first kappa shape index (κ1) is 13.6. The summed E-state index contributed by atoms with van der Waals surface area (Å²) >= 11 is 1.45. The van der Waals surface area contributed by atoms with Gasteiger partial charge in [0.05, 0.1) is 30.1 Å². The standard InChI is InChI=1S/C15H13N3O2S/c1-20-14(19)9-21-11-4-2-10(3-5-11)15-17-12-6-7-16-8-13(12)18-15/h2-8H,9H2,1H3,(H,17,18). The van der Waals surface area contributed by atoms with Gasteiger partial charge in [-0.1, -0.05) is 12.1 Å². The second-order valence-corrected chi connectivity index (χ2v) is 5.42. The summed E-state index contributed by atoms with van der Waals surface area (Å²) in [7, 11) is 1.39. The topological polar surface area (TPSA) is 67.9 Å². The highest BCUT2D eigenvalue weighted by molar-refractivity contribution is 8.00. The minimum Gasteiger partial charge on any atom is -0.468 e. The van der Waals surface area contributed by atoms with Gasteiger partial charge in [0.1, 0.15) is 5.82 Å². The van der Waals surface area contributed by atoms with Gasteiger partial charge in [-0.2, -0.15) is 0 Å². The summed E-state index contributed by atoms with van der Waals surface area (Å²) in [5, 5.41) is 0. The van der Waals surface area contributed by atoms with Crippen molar-refractivity contribution in [1.29, 1.82) is 0 Å². The Morgan fingerprint density at radius 1 is 1.29 bits per heavy atom. The summed E-state index contributed by atoms with van der Waals surface area (Å²) in [4.78, 5) is 23.9. The summed E-state index contributed by atoms with van der Waals surface area (Å²) in [6.45, 7) is 0. The average Bonchev–Trinajstić information content (AvgIpc) is 2.97. The maximum absolute atomic E-state index is 11.1. The largest absolute Gasteiger partial charge is 0.468 e. The van der Waals surface area contributed by atoms with Crippen molar-refractivity contribution in [3.63, 3.8) is 0 Å². The Labute approximate surface area is 125 Å². The van der Waals surface area contributed by atoms with E-state index in [1.54, 1.807) is 12.4 Å². The van der Waals surface area contributed by atoms with E-state index in [0.717, 1.165) is 27.3 Å². The molecule has 106 valence electrons. The summed E-state index contributed by atoms with van der Waals surface area (Å²) in [6, 6.07) is 9.76. The van der Waals surface area contributed by atoms with Crippen LogP contribution in [0.1, 0.15) is 0 Å². The molecule has 0 atom stereocenters. The maximum atomic E-state index is 11.1. The number of fused-ring (bicyclic) bond motifs is 1. The minimum atomic E-state index is -0.228. The summed E-state index contributed by atoms with van der Waals surface area (Å²) in [6.07, 6.45) is 3.48. The molecule has 6 heteroatoms. The van der Waals surface area contributed by atoms with Gasteiger partial charge in [-0.05, 0) is 18.2 Å². The van der Waals surface area contributed by atoms with Crippen LogP contribution in [0, 0.1) is 0 Å². The molecule has 0 fully saturated rings. The lowest BCUT2D eigenvalue weighted by molar-refractivity contribution is -0.137. The van der Waals surface area contributed by atoms with E-state index in [9.17, 15) is 4.79 Å². The highest BCUT2D eigenvalue weighted by Gasteiger charge is 2.06. The number of esters is 1. The molecule has 2 heterocycles. The van der Waals surface area contributed by atoms with E-state index in [-0.39, 0.29) is 5.97 Å². The van der Waals surface area contributed by atoms with Crippen molar-refractivity contribution >= 4 is 28.8 Å². The van der Waals surface area contributed by atoms with Gasteiger partial charge in [0.15, 0.2) is 0 Å². The van der Waals surface area contributed by atoms with Crippen LogP contribution in [0.3, 0.4) is 0 Å². The smallest absolute Gasteiger partial charge is 0.315 e. The number of pyridine rings is 1. The molecule has 0 unspecified atom stereocenters. The molecule has 0 amide bonds. The van der Waals surface area contributed by atoms with E-state index < -0.39 is 0 Å². The Morgan fingerprint density at radius 3 is 2.81 bits per heavy atom. The van der Waals surface area contributed by atoms with Crippen molar-refractivity contribution in [2.75, 3.05) is 12.9 Å². The van der Waals surface area contributed by atoms with Gasteiger partial charge >= 0.3 is 5.97 Å². The molecule has 0 bridgehead atoms. The number of carbonyl (C=O) groups is 1. The molecule has 3 rings (SSSR count). The van der Waals surface area contributed by atoms with Crippen LogP contribution in [-0.2, 0) is 9.53 Å². The molecular formula is C15H13N3O2S. The number of ether oxygens (including phenoxy) is 1. The van der Waals surface area contributed by atoms with Crippen molar-refractivity contribution in [3.05, 3.63) is 42.7 Å². The van der Waals surface area contributed by atoms with Crippen LogP contribution in [0.2, 0.25) is 0 Å². The number of rotatable bonds is 4. The molecular weight excluding hydrogens is 286 g/mol. The van der Waals surface area contributed by atoms with Gasteiger partial charge in [-0.25, -0.2) is 4.98 Å². The molecule has 0 aliphatic carbocycles. The fourth-order valence-electron chi connectivity index (χ4n) is 1.90. The van der Waals surface area contributed by atoms with E-state index >= 15 is 0 Å². The Hall–Kier alpha value is -2.34. The molecule has 0 spiro atoms. The van der Waals surface area contributed by atoms with Crippen LogP contribution in [0.5, 0.6) is 0 Å². The highest BCUT2D eigenvalue weighted by atomic mass is 32.2.